The van der Waals surface area contributed by atoms with Gasteiger partial charge in [-0.2, -0.15) is 0 Å². The standard InChI is InChI=1S/C18H38O7Si2/c1-9(2)26(10(3)4)23-17-15(21)13(19)14(20)16(22)18(17)24-27(25-26,11(5)6)12(7)8/h9-22H,1-8H3/t13-,14-,15-,16+,17-,18-/m1/s1. The minimum Gasteiger partial charge on any atom is -0.414 e. The summed E-state index contributed by atoms with van der Waals surface area (Å²) < 4.78 is 20.0. The third kappa shape index (κ3) is 3.71. The van der Waals surface area contributed by atoms with Crippen molar-refractivity contribution in [3.63, 3.8) is 0 Å². The van der Waals surface area contributed by atoms with Crippen molar-refractivity contribution in [1.29, 1.82) is 0 Å². The molecule has 1 saturated heterocycles. The van der Waals surface area contributed by atoms with E-state index >= 15 is 0 Å². The molecule has 0 spiro atoms. The maximum absolute atomic E-state index is 10.7. The van der Waals surface area contributed by atoms with Crippen LogP contribution >= 0.6 is 0 Å². The zero-order valence-electron chi connectivity index (χ0n) is 17.8. The van der Waals surface area contributed by atoms with Crippen LogP contribution in [0.2, 0.25) is 22.2 Å². The highest BCUT2D eigenvalue weighted by Gasteiger charge is 2.65. The van der Waals surface area contributed by atoms with E-state index in [0.29, 0.717) is 0 Å². The lowest BCUT2D eigenvalue weighted by Crippen LogP contribution is -2.67. The first-order valence-electron chi connectivity index (χ1n) is 10.1. The molecule has 0 unspecified atom stereocenters. The van der Waals surface area contributed by atoms with Crippen LogP contribution in [0, 0.1) is 0 Å². The van der Waals surface area contributed by atoms with E-state index in [4.69, 9.17) is 13.0 Å². The summed E-state index contributed by atoms with van der Waals surface area (Å²) in [5.74, 6) is 0. The van der Waals surface area contributed by atoms with Crippen molar-refractivity contribution in [2.45, 2.75) is 114 Å². The molecular formula is C18H38O7Si2. The van der Waals surface area contributed by atoms with Crippen molar-refractivity contribution in [2.24, 2.45) is 0 Å². The molecule has 6 atom stereocenters. The molecule has 0 radical (unpaired) electrons. The minimum absolute atomic E-state index is 0.0811. The Labute approximate surface area is 165 Å². The lowest BCUT2D eigenvalue weighted by molar-refractivity contribution is -0.213. The summed E-state index contributed by atoms with van der Waals surface area (Å²) in [5.41, 5.74) is 0.324. The van der Waals surface area contributed by atoms with Gasteiger partial charge in [0.25, 0.3) is 0 Å². The van der Waals surface area contributed by atoms with Crippen LogP contribution in [0.3, 0.4) is 0 Å². The van der Waals surface area contributed by atoms with Gasteiger partial charge in [0.05, 0.1) is 0 Å². The largest absolute Gasteiger partial charge is 0.414 e. The second-order valence-corrected chi connectivity index (χ2v) is 18.1. The van der Waals surface area contributed by atoms with Crippen LogP contribution < -0.4 is 0 Å². The van der Waals surface area contributed by atoms with Crippen molar-refractivity contribution in [3.8, 4) is 0 Å². The molecule has 0 aromatic heterocycles. The number of aliphatic hydroxyl groups excluding tert-OH is 4. The lowest BCUT2D eigenvalue weighted by Gasteiger charge is -2.46. The molecule has 2 aliphatic rings. The normalized spacial score (nSPS) is 39.1. The molecule has 1 saturated carbocycles. The molecule has 0 amide bonds. The van der Waals surface area contributed by atoms with Crippen molar-refractivity contribution in [1.82, 2.24) is 0 Å². The lowest BCUT2D eigenvalue weighted by atomic mass is 9.85. The molecule has 2 fully saturated rings. The summed E-state index contributed by atoms with van der Waals surface area (Å²) in [5, 5.41) is 41.8. The van der Waals surface area contributed by atoms with Gasteiger partial charge in [-0.25, -0.2) is 0 Å². The van der Waals surface area contributed by atoms with E-state index < -0.39 is 53.7 Å². The monoisotopic (exact) mass is 422 g/mol. The van der Waals surface area contributed by atoms with Gasteiger partial charge in [-0.05, 0) is 22.2 Å². The first-order valence-corrected chi connectivity index (χ1v) is 14.0. The number of fused-ring (bicyclic) bond motifs is 1. The van der Waals surface area contributed by atoms with E-state index in [1.54, 1.807) is 0 Å². The molecule has 27 heavy (non-hydrogen) atoms. The van der Waals surface area contributed by atoms with Gasteiger partial charge in [0.1, 0.15) is 36.6 Å². The fourth-order valence-electron chi connectivity index (χ4n) is 4.53. The topological polar surface area (TPSA) is 109 Å². The average Bonchev–Trinajstić information content (AvgIpc) is 2.75. The van der Waals surface area contributed by atoms with Gasteiger partial charge in [-0.1, -0.05) is 55.4 Å². The predicted molar refractivity (Wildman–Crippen MR) is 107 cm³/mol. The van der Waals surface area contributed by atoms with E-state index in [9.17, 15) is 20.4 Å². The summed E-state index contributed by atoms with van der Waals surface area (Å²) in [7, 11) is -5.81. The highest BCUT2D eigenvalue weighted by Crippen LogP contribution is 2.49. The van der Waals surface area contributed by atoms with Crippen LogP contribution in [0.25, 0.3) is 0 Å². The second kappa shape index (κ2) is 8.12. The average molecular weight is 423 g/mol. The summed E-state index contributed by atoms with van der Waals surface area (Å²) >= 11 is 0. The molecule has 0 aromatic rings. The molecule has 160 valence electrons. The number of hydrogen-bond acceptors (Lipinski definition) is 7. The van der Waals surface area contributed by atoms with E-state index in [-0.39, 0.29) is 22.2 Å². The van der Waals surface area contributed by atoms with Crippen molar-refractivity contribution in [2.75, 3.05) is 0 Å². The van der Waals surface area contributed by atoms with Crippen LogP contribution in [0.1, 0.15) is 55.4 Å². The quantitative estimate of drug-likeness (QED) is 0.511. The van der Waals surface area contributed by atoms with Gasteiger partial charge in [0.2, 0.25) is 0 Å². The summed E-state index contributed by atoms with van der Waals surface area (Å²) in [6, 6.07) is 0. The molecular weight excluding hydrogens is 384 g/mol. The van der Waals surface area contributed by atoms with Crippen LogP contribution in [0.15, 0.2) is 0 Å². The third-order valence-electron chi connectivity index (χ3n) is 6.23. The van der Waals surface area contributed by atoms with Gasteiger partial charge < -0.3 is 33.4 Å². The van der Waals surface area contributed by atoms with Gasteiger partial charge in [0, 0.05) is 0 Å². The smallest absolute Gasteiger partial charge is 0.335 e. The van der Waals surface area contributed by atoms with Gasteiger partial charge >= 0.3 is 17.1 Å². The molecule has 7 nitrogen and oxygen atoms in total. The molecule has 2 rings (SSSR count). The molecule has 9 heteroatoms. The SMILES string of the molecule is CC(C)[Si]1(C(C)C)O[C@@H]2[C@H](O)[C@H](O)[C@@H](O)[C@H](O)[C@H]2O[Si](C(C)C)(C(C)C)O1. The number of rotatable bonds is 4. The Balaban J connectivity index is 2.67. The first kappa shape index (κ1) is 23.4. The zero-order chi connectivity index (χ0) is 20.9. The highest BCUT2D eigenvalue weighted by atomic mass is 28.5. The van der Waals surface area contributed by atoms with Crippen LogP contribution in [-0.4, -0.2) is 74.2 Å². The van der Waals surface area contributed by atoms with Crippen LogP contribution in [0.5, 0.6) is 0 Å². The van der Waals surface area contributed by atoms with E-state index in [0.717, 1.165) is 0 Å². The molecule has 0 aromatic carbocycles. The zero-order valence-corrected chi connectivity index (χ0v) is 19.8. The molecule has 1 aliphatic heterocycles. The Hall–Kier alpha value is 0.154. The highest BCUT2D eigenvalue weighted by molar-refractivity contribution is 6.84. The van der Waals surface area contributed by atoms with Crippen LogP contribution in [-0.2, 0) is 13.0 Å². The fourth-order valence-corrected chi connectivity index (χ4v) is 15.8. The van der Waals surface area contributed by atoms with Crippen molar-refractivity contribution < 1.29 is 33.4 Å². The third-order valence-corrected chi connectivity index (χ3v) is 16.5. The number of hydrogen-bond donors (Lipinski definition) is 4. The number of aliphatic hydroxyl groups is 4. The van der Waals surface area contributed by atoms with Crippen molar-refractivity contribution >= 4 is 17.1 Å². The van der Waals surface area contributed by atoms with E-state index in [1.807, 2.05) is 0 Å². The Morgan fingerprint density at radius 1 is 0.519 bits per heavy atom. The Bertz CT molecular complexity index is 454. The maximum atomic E-state index is 10.7. The second-order valence-electron chi connectivity index (χ2n) is 9.29. The van der Waals surface area contributed by atoms with Gasteiger partial charge in [0.15, 0.2) is 0 Å². The summed E-state index contributed by atoms with van der Waals surface area (Å²) in [6.45, 7) is 16.5. The van der Waals surface area contributed by atoms with Gasteiger partial charge in [-0.15, -0.1) is 0 Å². The predicted octanol–water partition coefficient (Wildman–Crippen LogP) is 1.77. The van der Waals surface area contributed by atoms with Gasteiger partial charge in [-0.3, -0.25) is 0 Å². The minimum atomic E-state index is -2.91. The summed E-state index contributed by atoms with van der Waals surface area (Å²) in [4.78, 5) is 0. The van der Waals surface area contributed by atoms with Crippen LogP contribution in [0.4, 0.5) is 0 Å². The maximum Gasteiger partial charge on any atom is 0.335 e. The Morgan fingerprint density at radius 2 is 0.778 bits per heavy atom. The molecule has 4 N–H and O–H groups in total. The first-order chi connectivity index (χ1) is 12.3. The summed E-state index contributed by atoms with van der Waals surface area (Å²) in [6.07, 6.45) is -7.59. The molecule has 1 heterocycles. The van der Waals surface area contributed by atoms with Crippen molar-refractivity contribution in [3.05, 3.63) is 0 Å². The van der Waals surface area contributed by atoms with E-state index in [2.05, 4.69) is 55.4 Å². The Kier molecular flexibility index (Phi) is 7.04. The van der Waals surface area contributed by atoms with E-state index in [1.165, 1.54) is 0 Å². The molecule has 1 aliphatic carbocycles. The molecule has 0 bridgehead atoms. The fraction of sp³-hybridized carbons (Fsp3) is 1.00. The Morgan fingerprint density at radius 3 is 1.00 bits per heavy atom.